The fraction of sp³-hybridized carbons (Fsp3) is 1.00. The minimum Gasteiger partial charge on any atom is -0.287 e. The van der Waals surface area contributed by atoms with Gasteiger partial charge < -0.3 is 0 Å². The Kier molecular flexibility index (Phi) is 1.86. The lowest BCUT2D eigenvalue weighted by Crippen LogP contribution is -2.36. The SMILES string of the molecule is OS1(O)OCC(F)(F)CO1. The molecule has 1 aliphatic rings. The maximum Gasteiger partial charge on any atom is 0.296 e. The minimum absolute atomic E-state index is 1.00. The van der Waals surface area contributed by atoms with E-state index in [0.29, 0.717) is 0 Å². The van der Waals surface area contributed by atoms with Gasteiger partial charge in [-0.15, -0.1) is 0 Å². The van der Waals surface area contributed by atoms with Crippen LogP contribution >= 0.6 is 11.2 Å². The van der Waals surface area contributed by atoms with Gasteiger partial charge in [0.25, 0.3) is 5.92 Å². The summed E-state index contributed by atoms with van der Waals surface area (Å²) in [6, 6.07) is 0. The number of alkyl halides is 2. The highest BCUT2D eigenvalue weighted by Gasteiger charge is 2.41. The van der Waals surface area contributed by atoms with E-state index in [1.807, 2.05) is 0 Å². The van der Waals surface area contributed by atoms with Crippen molar-refractivity contribution in [1.82, 2.24) is 0 Å². The molecule has 1 heterocycles. The lowest BCUT2D eigenvalue weighted by Gasteiger charge is -2.33. The van der Waals surface area contributed by atoms with Crippen LogP contribution in [0, 0.1) is 0 Å². The Hall–Kier alpha value is 0.0500. The van der Waals surface area contributed by atoms with Crippen molar-refractivity contribution in [3.05, 3.63) is 0 Å². The van der Waals surface area contributed by atoms with E-state index < -0.39 is 30.3 Å². The molecule has 1 aliphatic heterocycles. The van der Waals surface area contributed by atoms with Crippen molar-refractivity contribution >= 4 is 11.2 Å². The Morgan fingerprint density at radius 3 is 1.90 bits per heavy atom. The molecule has 0 radical (unpaired) electrons. The predicted molar refractivity (Wildman–Crippen MR) is 29.7 cm³/mol. The molecule has 0 aliphatic carbocycles. The highest BCUT2D eigenvalue weighted by Crippen LogP contribution is 2.46. The van der Waals surface area contributed by atoms with Gasteiger partial charge in [0.1, 0.15) is 13.2 Å². The first kappa shape index (κ1) is 8.15. The molecule has 0 aromatic rings. The van der Waals surface area contributed by atoms with Gasteiger partial charge in [0, 0.05) is 0 Å². The standard InChI is InChI=1S/C3H6F2O4S/c4-3(5)1-8-10(6,7)9-2-3/h6-7H,1-2H2. The monoisotopic (exact) mass is 176 g/mol. The summed E-state index contributed by atoms with van der Waals surface area (Å²) in [6.45, 7) is -2.01. The first-order valence-electron chi connectivity index (χ1n) is 2.36. The molecular weight excluding hydrogens is 170 g/mol. The van der Waals surface area contributed by atoms with Crippen molar-refractivity contribution in [1.29, 1.82) is 0 Å². The molecular formula is C3H6F2O4S. The summed E-state index contributed by atoms with van der Waals surface area (Å²) in [4.78, 5) is 0. The minimum atomic E-state index is -3.63. The van der Waals surface area contributed by atoms with Crippen molar-refractivity contribution in [2.45, 2.75) is 5.92 Å². The lowest BCUT2D eigenvalue weighted by atomic mass is 10.4. The molecule has 1 rings (SSSR count). The van der Waals surface area contributed by atoms with Gasteiger partial charge in [-0.25, -0.2) is 8.78 Å². The fourth-order valence-corrected chi connectivity index (χ4v) is 1.12. The van der Waals surface area contributed by atoms with Crippen LogP contribution in [0.1, 0.15) is 0 Å². The molecule has 0 unspecified atom stereocenters. The number of hydrogen-bond acceptors (Lipinski definition) is 4. The first-order chi connectivity index (χ1) is 4.41. The van der Waals surface area contributed by atoms with Gasteiger partial charge in [-0.3, -0.25) is 17.5 Å². The van der Waals surface area contributed by atoms with E-state index in [1.165, 1.54) is 0 Å². The van der Waals surface area contributed by atoms with Gasteiger partial charge in [0.05, 0.1) is 0 Å². The molecule has 10 heavy (non-hydrogen) atoms. The molecule has 2 N–H and O–H groups in total. The van der Waals surface area contributed by atoms with Gasteiger partial charge in [-0.1, -0.05) is 0 Å². The van der Waals surface area contributed by atoms with Gasteiger partial charge in [-0.2, -0.15) is 0 Å². The average Bonchev–Trinajstić information content (AvgIpc) is 1.79. The van der Waals surface area contributed by atoms with E-state index in [9.17, 15) is 8.78 Å². The molecule has 0 saturated carbocycles. The maximum atomic E-state index is 12.1. The first-order valence-corrected chi connectivity index (χ1v) is 3.76. The maximum absolute atomic E-state index is 12.1. The molecule has 0 bridgehead atoms. The highest BCUT2D eigenvalue weighted by atomic mass is 32.3. The average molecular weight is 176 g/mol. The predicted octanol–water partition coefficient (Wildman–Crippen LogP) is 1.25. The van der Waals surface area contributed by atoms with E-state index in [-0.39, 0.29) is 0 Å². The Bertz CT molecular complexity index is 110. The van der Waals surface area contributed by atoms with Crippen molar-refractivity contribution in [3.8, 4) is 0 Å². The third-order valence-corrected chi connectivity index (χ3v) is 1.70. The molecule has 0 amide bonds. The number of hydrogen-bond donors (Lipinski definition) is 2. The van der Waals surface area contributed by atoms with Gasteiger partial charge in [-0.05, 0) is 0 Å². The smallest absolute Gasteiger partial charge is 0.287 e. The summed E-state index contributed by atoms with van der Waals surface area (Å²) in [5.74, 6) is -3.11. The molecule has 0 atom stereocenters. The summed E-state index contributed by atoms with van der Waals surface area (Å²) in [7, 11) is 0. The van der Waals surface area contributed by atoms with Crippen LogP contribution in [0.15, 0.2) is 0 Å². The van der Waals surface area contributed by atoms with Crippen LogP contribution in [0.25, 0.3) is 0 Å². The van der Waals surface area contributed by atoms with Crippen LogP contribution in [0.3, 0.4) is 0 Å². The molecule has 0 spiro atoms. The van der Waals surface area contributed by atoms with Crippen LogP contribution in [0.5, 0.6) is 0 Å². The van der Waals surface area contributed by atoms with E-state index in [4.69, 9.17) is 9.11 Å². The second kappa shape index (κ2) is 2.28. The number of rotatable bonds is 0. The fourth-order valence-electron chi connectivity index (χ4n) is 0.402. The Morgan fingerprint density at radius 2 is 1.60 bits per heavy atom. The van der Waals surface area contributed by atoms with E-state index in [1.54, 1.807) is 0 Å². The second-order valence-corrected chi connectivity index (χ2v) is 3.20. The topological polar surface area (TPSA) is 58.9 Å². The van der Waals surface area contributed by atoms with Gasteiger partial charge in [0.15, 0.2) is 0 Å². The van der Waals surface area contributed by atoms with E-state index >= 15 is 0 Å². The van der Waals surface area contributed by atoms with Gasteiger partial charge >= 0.3 is 0 Å². The van der Waals surface area contributed by atoms with Crippen LogP contribution in [0.2, 0.25) is 0 Å². The molecule has 0 aromatic carbocycles. The van der Waals surface area contributed by atoms with E-state index in [2.05, 4.69) is 8.37 Å². The second-order valence-electron chi connectivity index (χ2n) is 1.83. The zero-order chi connectivity index (χ0) is 7.83. The van der Waals surface area contributed by atoms with Crippen molar-refractivity contribution in [2.24, 2.45) is 0 Å². The Morgan fingerprint density at radius 1 is 1.20 bits per heavy atom. The van der Waals surface area contributed by atoms with Crippen LogP contribution in [0.4, 0.5) is 8.78 Å². The summed E-state index contributed by atoms with van der Waals surface area (Å²) in [5.41, 5.74) is 0. The van der Waals surface area contributed by atoms with Gasteiger partial charge in [0.2, 0.25) is 11.2 Å². The van der Waals surface area contributed by atoms with E-state index in [0.717, 1.165) is 0 Å². The third kappa shape index (κ3) is 2.03. The largest absolute Gasteiger partial charge is 0.296 e. The third-order valence-electron chi connectivity index (χ3n) is 0.847. The summed E-state index contributed by atoms with van der Waals surface area (Å²) < 4.78 is 48.9. The zero-order valence-corrected chi connectivity index (χ0v) is 5.61. The molecule has 62 valence electrons. The van der Waals surface area contributed by atoms with Crippen molar-refractivity contribution < 1.29 is 26.3 Å². The highest BCUT2D eigenvalue weighted by molar-refractivity contribution is 8.16. The zero-order valence-electron chi connectivity index (χ0n) is 4.79. The summed E-state index contributed by atoms with van der Waals surface area (Å²) in [5, 5.41) is 0. The lowest BCUT2D eigenvalue weighted by molar-refractivity contribution is -0.109. The molecule has 1 saturated heterocycles. The molecule has 4 nitrogen and oxygen atoms in total. The summed E-state index contributed by atoms with van der Waals surface area (Å²) >= 11 is -3.63. The molecule has 0 aromatic heterocycles. The quantitative estimate of drug-likeness (QED) is 0.583. The Labute approximate surface area is 57.5 Å². The number of halogens is 2. The molecule has 1 fully saturated rings. The molecule has 7 heteroatoms. The van der Waals surface area contributed by atoms with Crippen molar-refractivity contribution in [2.75, 3.05) is 13.2 Å². The van der Waals surface area contributed by atoms with Crippen LogP contribution in [-0.4, -0.2) is 28.2 Å². The van der Waals surface area contributed by atoms with Crippen LogP contribution < -0.4 is 0 Å². The summed E-state index contributed by atoms with van der Waals surface area (Å²) in [6.07, 6.45) is 0. The van der Waals surface area contributed by atoms with Crippen molar-refractivity contribution in [3.63, 3.8) is 0 Å². The van der Waals surface area contributed by atoms with Crippen LogP contribution in [-0.2, 0) is 8.37 Å². The Balaban J connectivity index is 2.46. The normalized spacial score (nSPS) is 33.2.